The highest BCUT2D eigenvalue weighted by Gasteiger charge is 2.31. The summed E-state index contributed by atoms with van der Waals surface area (Å²) >= 11 is 0. The van der Waals surface area contributed by atoms with E-state index in [2.05, 4.69) is 0 Å². The van der Waals surface area contributed by atoms with Crippen LogP contribution < -0.4 is 0 Å². The lowest BCUT2D eigenvalue weighted by atomic mass is 9.94. The molecule has 0 aliphatic carbocycles. The number of carbonyl (C=O) groups is 2. The van der Waals surface area contributed by atoms with Gasteiger partial charge in [-0.05, 0) is 44.4 Å². The number of rotatable bonds is 4. The van der Waals surface area contributed by atoms with Gasteiger partial charge in [-0.1, -0.05) is 0 Å². The molecule has 1 atom stereocenters. The summed E-state index contributed by atoms with van der Waals surface area (Å²) in [7, 11) is 0. The van der Waals surface area contributed by atoms with Crippen LogP contribution >= 0.6 is 0 Å². The summed E-state index contributed by atoms with van der Waals surface area (Å²) < 4.78 is 5.30. The zero-order valence-corrected chi connectivity index (χ0v) is 11.3. The lowest BCUT2D eigenvalue weighted by Crippen LogP contribution is -2.48. The molecule has 2 fully saturated rings. The van der Waals surface area contributed by atoms with Crippen molar-refractivity contribution in [3.8, 4) is 0 Å². The van der Waals surface area contributed by atoms with Crippen LogP contribution in [0.5, 0.6) is 0 Å². The Labute approximate surface area is 113 Å². The third kappa shape index (κ3) is 3.93. The fourth-order valence-corrected chi connectivity index (χ4v) is 2.99. The first-order chi connectivity index (χ1) is 9.18. The van der Waals surface area contributed by atoms with Gasteiger partial charge in [0.05, 0.1) is 0 Å². The molecule has 0 radical (unpaired) electrons. The van der Waals surface area contributed by atoms with Gasteiger partial charge in [0.15, 0.2) is 0 Å². The van der Waals surface area contributed by atoms with E-state index in [0.717, 1.165) is 45.3 Å². The first-order valence-corrected chi connectivity index (χ1v) is 7.28. The Bertz CT molecular complexity index is 325. The van der Waals surface area contributed by atoms with Gasteiger partial charge in [0.2, 0.25) is 5.91 Å². The molecule has 5 heteroatoms. The minimum atomic E-state index is -0.862. The van der Waals surface area contributed by atoms with E-state index in [1.807, 2.05) is 0 Å². The van der Waals surface area contributed by atoms with E-state index < -0.39 is 12.0 Å². The Morgan fingerprint density at radius 3 is 2.58 bits per heavy atom. The molecule has 2 heterocycles. The zero-order chi connectivity index (χ0) is 13.7. The van der Waals surface area contributed by atoms with E-state index in [4.69, 9.17) is 9.84 Å². The van der Waals surface area contributed by atoms with Crippen LogP contribution in [0, 0.1) is 5.92 Å². The Kier molecular flexibility index (Phi) is 5.19. The number of aliphatic carboxylic acids is 1. The van der Waals surface area contributed by atoms with Gasteiger partial charge in [0, 0.05) is 26.2 Å². The van der Waals surface area contributed by atoms with E-state index in [-0.39, 0.29) is 5.91 Å². The molecule has 0 spiro atoms. The molecular weight excluding hydrogens is 246 g/mol. The number of ether oxygens (including phenoxy) is 1. The number of nitrogens with zero attached hydrogens (tertiary/aromatic N) is 1. The van der Waals surface area contributed by atoms with Crippen LogP contribution in [-0.4, -0.2) is 47.7 Å². The van der Waals surface area contributed by atoms with E-state index >= 15 is 0 Å². The fourth-order valence-electron chi connectivity index (χ4n) is 2.99. The summed E-state index contributed by atoms with van der Waals surface area (Å²) in [4.78, 5) is 24.9. The van der Waals surface area contributed by atoms with E-state index in [0.29, 0.717) is 25.3 Å². The van der Waals surface area contributed by atoms with Gasteiger partial charge in [0.25, 0.3) is 0 Å². The number of hydrogen-bond acceptors (Lipinski definition) is 3. The van der Waals surface area contributed by atoms with Crippen molar-refractivity contribution in [1.29, 1.82) is 0 Å². The number of carboxylic acids is 1. The monoisotopic (exact) mass is 269 g/mol. The second-order valence-corrected chi connectivity index (χ2v) is 5.53. The second kappa shape index (κ2) is 6.89. The molecule has 2 rings (SSSR count). The number of amides is 1. The molecule has 1 amide bonds. The van der Waals surface area contributed by atoms with Crippen LogP contribution in [-0.2, 0) is 14.3 Å². The molecule has 0 aromatic rings. The molecule has 1 N–H and O–H groups in total. The number of piperidine rings is 1. The molecule has 2 aliphatic heterocycles. The molecule has 0 bridgehead atoms. The minimum Gasteiger partial charge on any atom is -0.480 e. The molecule has 0 saturated carbocycles. The number of hydrogen-bond donors (Lipinski definition) is 1. The molecule has 0 aromatic heterocycles. The first kappa shape index (κ1) is 14.3. The van der Waals surface area contributed by atoms with Crippen molar-refractivity contribution in [3.05, 3.63) is 0 Å². The lowest BCUT2D eigenvalue weighted by molar-refractivity contribution is -0.152. The average Bonchev–Trinajstić information content (AvgIpc) is 2.46. The Hall–Kier alpha value is -1.10. The summed E-state index contributed by atoms with van der Waals surface area (Å²) in [5, 5.41) is 9.16. The predicted molar refractivity (Wildman–Crippen MR) is 69.8 cm³/mol. The maximum atomic E-state index is 12.2. The first-order valence-electron chi connectivity index (χ1n) is 7.28. The maximum absolute atomic E-state index is 12.2. The topological polar surface area (TPSA) is 66.8 Å². The van der Waals surface area contributed by atoms with Gasteiger partial charge in [-0.15, -0.1) is 0 Å². The number of likely N-dealkylation sites (tertiary alicyclic amines) is 1. The average molecular weight is 269 g/mol. The Morgan fingerprint density at radius 1 is 1.16 bits per heavy atom. The maximum Gasteiger partial charge on any atom is 0.326 e. The quantitative estimate of drug-likeness (QED) is 0.843. The molecule has 5 nitrogen and oxygen atoms in total. The fraction of sp³-hybridized carbons (Fsp3) is 0.857. The highest BCUT2D eigenvalue weighted by molar-refractivity contribution is 5.83. The van der Waals surface area contributed by atoms with Gasteiger partial charge in [0.1, 0.15) is 6.04 Å². The summed E-state index contributed by atoms with van der Waals surface area (Å²) in [6, 6.07) is -0.601. The summed E-state index contributed by atoms with van der Waals surface area (Å²) in [5.41, 5.74) is 0. The Morgan fingerprint density at radius 2 is 1.89 bits per heavy atom. The van der Waals surface area contributed by atoms with Crippen LogP contribution in [0.1, 0.15) is 44.9 Å². The zero-order valence-electron chi connectivity index (χ0n) is 11.3. The van der Waals surface area contributed by atoms with Gasteiger partial charge in [-0.25, -0.2) is 4.79 Å². The van der Waals surface area contributed by atoms with Crippen LogP contribution in [0.25, 0.3) is 0 Å². The third-order valence-electron chi connectivity index (χ3n) is 4.22. The normalized spacial score (nSPS) is 25.3. The van der Waals surface area contributed by atoms with Gasteiger partial charge in [-0.2, -0.15) is 0 Å². The molecule has 0 unspecified atom stereocenters. The van der Waals surface area contributed by atoms with Gasteiger partial charge < -0.3 is 14.7 Å². The van der Waals surface area contributed by atoms with Crippen LogP contribution in [0.2, 0.25) is 0 Å². The van der Waals surface area contributed by atoms with Crippen molar-refractivity contribution in [1.82, 2.24) is 4.90 Å². The van der Waals surface area contributed by atoms with Crippen molar-refractivity contribution >= 4 is 11.9 Å². The molecule has 2 saturated heterocycles. The number of carboxylic acid groups (broad SMARTS) is 1. The van der Waals surface area contributed by atoms with Crippen molar-refractivity contribution < 1.29 is 19.4 Å². The molecule has 2 aliphatic rings. The smallest absolute Gasteiger partial charge is 0.326 e. The van der Waals surface area contributed by atoms with Crippen LogP contribution in [0.3, 0.4) is 0 Å². The molecule has 0 aromatic carbocycles. The van der Waals surface area contributed by atoms with Crippen molar-refractivity contribution in [2.75, 3.05) is 19.8 Å². The molecule has 108 valence electrons. The second-order valence-electron chi connectivity index (χ2n) is 5.53. The Balaban J connectivity index is 1.81. The standard InChI is InChI=1S/C14H23NO4/c16-13(5-4-11-6-9-19-10-7-11)15-8-2-1-3-12(15)14(17)18/h11-12H,1-10H2,(H,17,18)/t12-/m1/s1. The van der Waals surface area contributed by atoms with E-state index in [1.165, 1.54) is 0 Å². The largest absolute Gasteiger partial charge is 0.480 e. The molecular formula is C14H23NO4. The SMILES string of the molecule is O=C(O)[C@H]1CCCCN1C(=O)CCC1CCOCC1. The van der Waals surface area contributed by atoms with Crippen molar-refractivity contribution in [2.45, 2.75) is 51.0 Å². The van der Waals surface area contributed by atoms with Gasteiger partial charge in [-0.3, -0.25) is 4.79 Å². The number of carbonyl (C=O) groups excluding carboxylic acids is 1. The lowest BCUT2D eigenvalue weighted by Gasteiger charge is -2.33. The minimum absolute atomic E-state index is 0.0126. The van der Waals surface area contributed by atoms with Crippen molar-refractivity contribution in [3.63, 3.8) is 0 Å². The summed E-state index contributed by atoms with van der Waals surface area (Å²) in [6.07, 6.45) is 5.82. The predicted octanol–water partition coefficient (Wildman–Crippen LogP) is 1.66. The van der Waals surface area contributed by atoms with E-state index in [1.54, 1.807) is 4.90 Å². The van der Waals surface area contributed by atoms with Crippen LogP contribution in [0.4, 0.5) is 0 Å². The van der Waals surface area contributed by atoms with Crippen molar-refractivity contribution in [2.24, 2.45) is 5.92 Å². The highest BCUT2D eigenvalue weighted by Crippen LogP contribution is 2.23. The van der Waals surface area contributed by atoms with Crippen LogP contribution in [0.15, 0.2) is 0 Å². The highest BCUT2D eigenvalue weighted by atomic mass is 16.5. The molecule has 19 heavy (non-hydrogen) atoms. The third-order valence-corrected chi connectivity index (χ3v) is 4.22. The van der Waals surface area contributed by atoms with E-state index in [9.17, 15) is 9.59 Å². The van der Waals surface area contributed by atoms with Gasteiger partial charge >= 0.3 is 5.97 Å². The summed E-state index contributed by atoms with van der Waals surface area (Å²) in [6.45, 7) is 2.18. The summed E-state index contributed by atoms with van der Waals surface area (Å²) in [5.74, 6) is -0.288.